The van der Waals surface area contributed by atoms with Gasteiger partial charge in [-0.1, -0.05) is 0 Å². The number of amides is 1. The molecule has 0 bridgehead atoms. The van der Waals surface area contributed by atoms with Gasteiger partial charge < -0.3 is 15.5 Å². The number of fused-ring (bicyclic) bond motifs is 1. The average Bonchev–Trinajstić information content (AvgIpc) is 3.25. The zero-order valence-corrected chi connectivity index (χ0v) is 14.2. The highest BCUT2D eigenvalue weighted by atomic mass is 35.5. The summed E-state index contributed by atoms with van der Waals surface area (Å²) in [5.74, 6) is 0.781. The summed E-state index contributed by atoms with van der Waals surface area (Å²) in [7, 11) is 0. The van der Waals surface area contributed by atoms with Crippen molar-refractivity contribution < 1.29 is 4.79 Å². The Hall–Kier alpha value is -2.12. The zero-order valence-electron chi connectivity index (χ0n) is 13.3. The summed E-state index contributed by atoms with van der Waals surface area (Å²) in [4.78, 5) is 19.1. The molecule has 0 radical (unpaired) electrons. The molecule has 8 heteroatoms. The van der Waals surface area contributed by atoms with Gasteiger partial charge in [0, 0.05) is 43.9 Å². The number of aromatic amines is 1. The van der Waals surface area contributed by atoms with Gasteiger partial charge in [-0.3, -0.25) is 9.89 Å². The van der Waals surface area contributed by atoms with Crippen LogP contribution in [0.25, 0.3) is 0 Å². The molecule has 0 saturated carbocycles. The lowest BCUT2D eigenvalue weighted by Crippen LogP contribution is -2.25. The van der Waals surface area contributed by atoms with Gasteiger partial charge in [-0.25, -0.2) is 4.98 Å². The van der Waals surface area contributed by atoms with Gasteiger partial charge in [0.05, 0.1) is 11.9 Å². The van der Waals surface area contributed by atoms with Crippen molar-refractivity contribution in [1.82, 2.24) is 20.5 Å². The molecule has 128 valence electrons. The predicted octanol–water partition coefficient (Wildman–Crippen LogP) is 1.72. The number of rotatable bonds is 3. The van der Waals surface area contributed by atoms with Crippen molar-refractivity contribution in [2.75, 3.05) is 29.9 Å². The standard InChI is InChI=1S/C16H20N6O.ClH/c23-16(15-12-10-17-6-5-13(12)20-21-15)19-11-3-4-14(18-9-11)22-7-1-2-8-22;/h3-4,9,17H,1-2,5-8,10H2,(H,19,23)(H,20,21);1H. The molecule has 2 aliphatic rings. The molecule has 2 aromatic rings. The number of H-pyrrole nitrogens is 1. The maximum absolute atomic E-state index is 12.4. The molecule has 2 aromatic heterocycles. The highest BCUT2D eigenvalue weighted by molar-refractivity contribution is 6.04. The van der Waals surface area contributed by atoms with Gasteiger partial charge in [-0.2, -0.15) is 5.10 Å². The topological polar surface area (TPSA) is 85.9 Å². The summed E-state index contributed by atoms with van der Waals surface area (Å²) >= 11 is 0. The van der Waals surface area contributed by atoms with E-state index in [2.05, 4.69) is 30.7 Å². The molecule has 0 aliphatic carbocycles. The number of anilines is 2. The number of carbonyl (C=O) groups is 1. The molecule has 0 aromatic carbocycles. The Labute approximate surface area is 146 Å². The number of aromatic nitrogens is 3. The van der Waals surface area contributed by atoms with Crippen LogP contribution in [0.2, 0.25) is 0 Å². The molecular formula is C16H21ClN6O. The molecule has 0 unspecified atom stereocenters. The van der Waals surface area contributed by atoms with Crippen LogP contribution in [0.15, 0.2) is 18.3 Å². The van der Waals surface area contributed by atoms with E-state index in [-0.39, 0.29) is 18.3 Å². The minimum Gasteiger partial charge on any atom is -0.357 e. The Balaban J connectivity index is 0.00000169. The fourth-order valence-electron chi connectivity index (χ4n) is 3.20. The summed E-state index contributed by atoms with van der Waals surface area (Å²) in [5.41, 5.74) is 3.18. The molecule has 24 heavy (non-hydrogen) atoms. The van der Waals surface area contributed by atoms with Crippen LogP contribution in [0.4, 0.5) is 11.5 Å². The zero-order chi connectivity index (χ0) is 15.6. The van der Waals surface area contributed by atoms with Gasteiger partial charge in [0.2, 0.25) is 0 Å². The second-order valence-corrected chi connectivity index (χ2v) is 6.01. The maximum atomic E-state index is 12.4. The van der Waals surface area contributed by atoms with Gasteiger partial charge in [0.1, 0.15) is 5.82 Å². The first-order valence-corrected chi connectivity index (χ1v) is 8.10. The van der Waals surface area contributed by atoms with E-state index < -0.39 is 0 Å². The van der Waals surface area contributed by atoms with Crippen LogP contribution in [0.3, 0.4) is 0 Å². The normalized spacial score (nSPS) is 16.4. The number of halogens is 1. The van der Waals surface area contributed by atoms with Crippen LogP contribution >= 0.6 is 12.4 Å². The summed E-state index contributed by atoms with van der Waals surface area (Å²) < 4.78 is 0. The number of pyridine rings is 1. The second-order valence-electron chi connectivity index (χ2n) is 6.01. The second kappa shape index (κ2) is 7.19. The number of nitrogens with zero attached hydrogens (tertiary/aromatic N) is 3. The van der Waals surface area contributed by atoms with E-state index in [0.717, 1.165) is 43.1 Å². The molecular weight excluding hydrogens is 328 g/mol. The molecule has 0 atom stereocenters. The first-order valence-electron chi connectivity index (χ1n) is 8.10. The van der Waals surface area contributed by atoms with Crippen molar-refractivity contribution in [2.24, 2.45) is 0 Å². The summed E-state index contributed by atoms with van der Waals surface area (Å²) in [6.45, 7) is 3.72. The highest BCUT2D eigenvalue weighted by Crippen LogP contribution is 2.20. The van der Waals surface area contributed by atoms with Gasteiger partial charge in [0.15, 0.2) is 5.69 Å². The molecule has 3 N–H and O–H groups in total. The van der Waals surface area contributed by atoms with Crippen LogP contribution in [-0.2, 0) is 13.0 Å². The number of carbonyl (C=O) groups excluding carboxylic acids is 1. The van der Waals surface area contributed by atoms with Crippen molar-refractivity contribution in [2.45, 2.75) is 25.8 Å². The minimum absolute atomic E-state index is 0. The highest BCUT2D eigenvalue weighted by Gasteiger charge is 2.21. The molecule has 4 heterocycles. The minimum atomic E-state index is -0.193. The molecule has 0 spiro atoms. The van der Waals surface area contributed by atoms with Crippen LogP contribution < -0.4 is 15.5 Å². The van der Waals surface area contributed by atoms with Crippen molar-refractivity contribution in [3.8, 4) is 0 Å². The van der Waals surface area contributed by atoms with E-state index in [4.69, 9.17) is 0 Å². The first kappa shape index (κ1) is 16.7. The lowest BCUT2D eigenvalue weighted by molar-refractivity contribution is 0.102. The SMILES string of the molecule is Cl.O=C(Nc1ccc(N2CCCC2)nc1)c1n[nH]c2c1CNCC2. The van der Waals surface area contributed by atoms with Crippen molar-refractivity contribution in [3.05, 3.63) is 35.3 Å². The molecule has 4 rings (SSSR count). The van der Waals surface area contributed by atoms with Gasteiger partial charge in [-0.15, -0.1) is 12.4 Å². The first-order chi connectivity index (χ1) is 11.3. The third-order valence-corrected chi connectivity index (χ3v) is 4.46. The molecule has 1 saturated heterocycles. The fourth-order valence-corrected chi connectivity index (χ4v) is 3.20. The lowest BCUT2D eigenvalue weighted by Gasteiger charge is -2.16. The van der Waals surface area contributed by atoms with Gasteiger partial charge in [0.25, 0.3) is 5.91 Å². The van der Waals surface area contributed by atoms with E-state index in [1.807, 2.05) is 12.1 Å². The largest absolute Gasteiger partial charge is 0.357 e. The van der Waals surface area contributed by atoms with E-state index in [9.17, 15) is 4.79 Å². The third kappa shape index (κ3) is 3.22. The van der Waals surface area contributed by atoms with E-state index in [0.29, 0.717) is 17.9 Å². The van der Waals surface area contributed by atoms with Gasteiger partial charge >= 0.3 is 0 Å². The number of hydrogen-bond acceptors (Lipinski definition) is 5. The Kier molecular flexibility index (Phi) is 5.01. The Morgan fingerprint density at radius 3 is 2.83 bits per heavy atom. The molecule has 7 nitrogen and oxygen atoms in total. The number of hydrogen-bond donors (Lipinski definition) is 3. The van der Waals surface area contributed by atoms with E-state index >= 15 is 0 Å². The van der Waals surface area contributed by atoms with E-state index in [1.54, 1.807) is 6.20 Å². The summed E-state index contributed by atoms with van der Waals surface area (Å²) in [6, 6.07) is 3.86. The van der Waals surface area contributed by atoms with Crippen LogP contribution in [0.1, 0.15) is 34.6 Å². The smallest absolute Gasteiger partial charge is 0.276 e. The molecule has 1 fully saturated rings. The van der Waals surface area contributed by atoms with Crippen molar-refractivity contribution >= 4 is 29.8 Å². The Morgan fingerprint density at radius 1 is 1.25 bits per heavy atom. The quantitative estimate of drug-likeness (QED) is 0.786. The van der Waals surface area contributed by atoms with Crippen molar-refractivity contribution in [3.63, 3.8) is 0 Å². The third-order valence-electron chi connectivity index (χ3n) is 4.46. The van der Waals surface area contributed by atoms with Gasteiger partial charge in [-0.05, 0) is 25.0 Å². The van der Waals surface area contributed by atoms with Crippen LogP contribution in [-0.4, -0.2) is 40.7 Å². The summed E-state index contributed by atoms with van der Waals surface area (Å²) in [6.07, 6.45) is 5.03. The average molecular weight is 349 g/mol. The Bertz CT molecular complexity index is 708. The predicted molar refractivity (Wildman–Crippen MR) is 94.9 cm³/mol. The lowest BCUT2D eigenvalue weighted by atomic mass is 10.1. The van der Waals surface area contributed by atoms with Crippen LogP contribution in [0.5, 0.6) is 0 Å². The Morgan fingerprint density at radius 2 is 2.08 bits per heavy atom. The fraction of sp³-hybridized carbons (Fsp3) is 0.438. The number of nitrogens with one attached hydrogen (secondary N) is 3. The van der Waals surface area contributed by atoms with Crippen molar-refractivity contribution in [1.29, 1.82) is 0 Å². The molecule has 2 aliphatic heterocycles. The van der Waals surface area contributed by atoms with Crippen LogP contribution in [0, 0.1) is 0 Å². The monoisotopic (exact) mass is 348 g/mol. The maximum Gasteiger partial charge on any atom is 0.276 e. The summed E-state index contributed by atoms with van der Waals surface area (Å²) in [5, 5.41) is 13.3. The molecule has 1 amide bonds. The van der Waals surface area contributed by atoms with E-state index in [1.165, 1.54) is 12.8 Å².